The molecule has 1 N–H and O–H groups in total. The average Bonchev–Trinajstić information content (AvgIpc) is 2.50. The van der Waals surface area contributed by atoms with Crippen molar-refractivity contribution in [2.75, 3.05) is 10.8 Å². The Bertz CT molecular complexity index is 726. The zero-order valence-electron chi connectivity index (χ0n) is 12.2. The first-order chi connectivity index (χ1) is 10.0. The molecule has 0 aliphatic carbocycles. The van der Waals surface area contributed by atoms with Crippen molar-refractivity contribution in [3.8, 4) is 0 Å². The normalized spacial score (nSPS) is 11.4. The molecule has 0 saturated carbocycles. The van der Waals surface area contributed by atoms with E-state index in [1.54, 1.807) is 31.2 Å². The third-order valence-corrected chi connectivity index (χ3v) is 5.23. The van der Waals surface area contributed by atoms with Crippen LogP contribution in [0.2, 0.25) is 0 Å². The number of sulfonamides is 1. The van der Waals surface area contributed by atoms with Crippen LogP contribution in [0.25, 0.3) is 0 Å². The lowest BCUT2D eigenvalue weighted by molar-refractivity contribution is 0.281. The lowest BCUT2D eigenvalue weighted by atomic mass is 10.2. The van der Waals surface area contributed by atoms with E-state index in [0.29, 0.717) is 17.8 Å². The lowest BCUT2D eigenvalue weighted by Gasteiger charge is -2.24. The number of nitrogens with zero attached hydrogens (tertiary/aromatic N) is 1. The van der Waals surface area contributed by atoms with Gasteiger partial charge in [-0.3, -0.25) is 4.31 Å². The Hall–Kier alpha value is -1.85. The van der Waals surface area contributed by atoms with E-state index in [0.717, 1.165) is 5.56 Å². The van der Waals surface area contributed by atoms with Gasteiger partial charge in [-0.05, 0) is 43.2 Å². The van der Waals surface area contributed by atoms with Crippen LogP contribution in [0.15, 0.2) is 53.4 Å². The highest BCUT2D eigenvalue weighted by Crippen LogP contribution is 2.26. The minimum absolute atomic E-state index is 0.181. The summed E-state index contributed by atoms with van der Waals surface area (Å²) in [6.07, 6.45) is 0. The third kappa shape index (κ3) is 3.09. The Morgan fingerprint density at radius 1 is 1.10 bits per heavy atom. The van der Waals surface area contributed by atoms with Crippen LogP contribution in [-0.2, 0) is 16.6 Å². The molecule has 0 bridgehead atoms. The van der Waals surface area contributed by atoms with Gasteiger partial charge in [0.05, 0.1) is 17.2 Å². The van der Waals surface area contributed by atoms with Crippen LogP contribution in [-0.4, -0.2) is 20.1 Å². The minimum Gasteiger partial charge on any atom is -0.392 e. The molecule has 0 aliphatic rings. The van der Waals surface area contributed by atoms with E-state index >= 15 is 0 Å². The molecule has 2 aromatic rings. The van der Waals surface area contributed by atoms with Gasteiger partial charge in [0.2, 0.25) is 0 Å². The van der Waals surface area contributed by atoms with Gasteiger partial charge in [-0.2, -0.15) is 0 Å². The molecule has 0 heterocycles. The fraction of sp³-hybridized carbons (Fsp3) is 0.250. The van der Waals surface area contributed by atoms with E-state index in [9.17, 15) is 13.5 Å². The maximum atomic E-state index is 12.8. The molecule has 5 heteroatoms. The number of aryl methyl sites for hydroxylation is 1. The van der Waals surface area contributed by atoms with Gasteiger partial charge < -0.3 is 5.11 Å². The highest BCUT2D eigenvalue weighted by molar-refractivity contribution is 7.92. The molecule has 4 nitrogen and oxygen atoms in total. The fourth-order valence-corrected chi connectivity index (χ4v) is 3.85. The van der Waals surface area contributed by atoms with Crippen molar-refractivity contribution >= 4 is 15.7 Å². The molecule has 21 heavy (non-hydrogen) atoms. The predicted octanol–water partition coefficient (Wildman–Crippen LogP) is 2.70. The predicted molar refractivity (Wildman–Crippen MR) is 83.7 cm³/mol. The second kappa shape index (κ2) is 6.28. The first-order valence-electron chi connectivity index (χ1n) is 6.79. The van der Waals surface area contributed by atoms with Crippen molar-refractivity contribution in [1.29, 1.82) is 0 Å². The van der Waals surface area contributed by atoms with Crippen LogP contribution in [0, 0.1) is 6.92 Å². The van der Waals surface area contributed by atoms with Crippen molar-refractivity contribution < 1.29 is 13.5 Å². The van der Waals surface area contributed by atoms with Gasteiger partial charge in [0.15, 0.2) is 0 Å². The van der Waals surface area contributed by atoms with Gasteiger partial charge in [0, 0.05) is 6.54 Å². The molecule has 0 aliphatic heterocycles. The van der Waals surface area contributed by atoms with Crippen molar-refractivity contribution in [2.24, 2.45) is 0 Å². The summed E-state index contributed by atoms with van der Waals surface area (Å²) < 4.78 is 27.0. The molecular weight excluding hydrogens is 286 g/mol. The Morgan fingerprint density at radius 3 is 2.43 bits per heavy atom. The second-order valence-electron chi connectivity index (χ2n) is 4.76. The van der Waals surface area contributed by atoms with Crippen molar-refractivity contribution in [1.82, 2.24) is 0 Å². The zero-order chi connectivity index (χ0) is 15.5. The number of hydrogen-bond acceptors (Lipinski definition) is 3. The summed E-state index contributed by atoms with van der Waals surface area (Å²) in [7, 11) is -3.64. The number of hydrogen-bond donors (Lipinski definition) is 1. The summed E-state index contributed by atoms with van der Waals surface area (Å²) in [4.78, 5) is 0.194. The van der Waals surface area contributed by atoms with Crippen LogP contribution in [0.3, 0.4) is 0 Å². The molecule has 2 aromatic carbocycles. The zero-order valence-corrected chi connectivity index (χ0v) is 13.0. The maximum absolute atomic E-state index is 12.8. The third-order valence-electron chi connectivity index (χ3n) is 3.34. The van der Waals surface area contributed by atoms with Crippen LogP contribution < -0.4 is 4.31 Å². The molecular formula is C16H19NO3S. The largest absolute Gasteiger partial charge is 0.392 e. The van der Waals surface area contributed by atoms with Crippen molar-refractivity contribution in [3.63, 3.8) is 0 Å². The summed E-state index contributed by atoms with van der Waals surface area (Å²) >= 11 is 0. The number of aliphatic hydroxyl groups is 1. The van der Waals surface area contributed by atoms with Gasteiger partial charge in [-0.1, -0.05) is 30.3 Å². The van der Waals surface area contributed by atoms with Crippen LogP contribution in [0.1, 0.15) is 18.1 Å². The Kier molecular flexibility index (Phi) is 4.65. The second-order valence-corrected chi connectivity index (χ2v) is 6.62. The SMILES string of the molecule is CCN(c1ccccc1C)S(=O)(=O)c1cccc(CO)c1. The summed E-state index contributed by atoms with van der Waals surface area (Å²) in [6, 6.07) is 13.8. The highest BCUT2D eigenvalue weighted by atomic mass is 32.2. The molecule has 0 spiro atoms. The van der Waals surface area contributed by atoms with Gasteiger partial charge >= 0.3 is 0 Å². The molecule has 0 fully saturated rings. The number of rotatable bonds is 5. The highest BCUT2D eigenvalue weighted by Gasteiger charge is 2.24. The Labute approximate surface area is 125 Å². The molecule has 0 amide bonds. The smallest absolute Gasteiger partial charge is 0.264 e. The number of para-hydroxylation sites is 1. The molecule has 0 unspecified atom stereocenters. The van der Waals surface area contributed by atoms with E-state index in [-0.39, 0.29) is 11.5 Å². The lowest BCUT2D eigenvalue weighted by Crippen LogP contribution is -2.31. The van der Waals surface area contributed by atoms with Gasteiger partial charge in [-0.25, -0.2) is 8.42 Å². The standard InChI is InChI=1S/C16H19NO3S/c1-3-17(16-10-5-4-7-13(16)2)21(19,20)15-9-6-8-14(11-15)12-18/h4-11,18H,3,12H2,1-2H3. The summed E-state index contributed by atoms with van der Waals surface area (Å²) in [6.45, 7) is 3.86. The first-order valence-corrected chi connectivity index (χ1v) is 8.23. The topological polar surface area (TPSA) is 57.6 Å². The summed E-state index contributed by atoms with van der Waals surface area (Å²) in [5.74, 6) is 0. The summed E-state index contributed by atoms with van der Waals surface area (Å²) in [5.41, 5.74) is 2.16. The Balaban J connectivity index is 2.52. The van der Waals surface area contributed by atoms with Crippen LogP contribution >= 0.6 is 0 Å². The molecule has 0 atom stereocenters. The average molecular weight is 305 g/mol. The number of benzene rings is 2. The molecule has 112 valence electrons. The van der Waals surface area contributed by atoms with Gasteiger partial charge in [0.1, 0.15) is 0 Å². The Morgan fingerprint density at radius 2 is 1.81 bits per heavy atom. The molecule has 0 radical (unpaired) electrons. The molecule has 0 saturated heterocycles. The fourth-order valence-electron chi connectivity index (χ4n) is 2.24. The maximum Gasteiger partial charge on any atom is 0.264 e. The minimum atomic E-state index is -3.64. The molecule has 0 aromatic heterocycles. The number of aliphatic hydroxyl groups excluding tert-OH is 1. The van der Waals surface area contributed by atoms with Crippen molar-refractivity contribution in [3.05, 3.63) is 59.7 Å². The van der Waals surface area contributed by atoms with E-state index in [2.05, 4.69) is 0 Å². The monoisotopic (exact) mass is 305 g/mol. The van der Waals surface area contributed by atoms with E-state index in [1.807, 2.05) is 25.1 Å². The molecule has 2 rings (SSSR count). The van der Waals surface area contributed by atoms with Crippen molar-refractivity contribution in [2.45, 2.75) is 25.3 Å². The quantitative estimate of drug-likeness (QED) is 0.924. The number of anilines is 1. The van der Waals surface area contributed by atoms with Gasteiger partial charge in [-0.15, -0.1) is 0 Å². The van der Waals surface area contributed by atoms with E-state index in [1.165, 1.54) is 10.4 Å². The van der Waals surface area contributed by atoms with Gasteiger partial charge in [0.25, 0.3) is 10.0 Å². The summed E-state index contributed by atoms with van der Waals surface area (Å²) in [5, 5.41) is 9.18. The van der Waals surface area contributed by atoms with E-state index in [4.69, 9.17) is 0 Å². The van der Waals surface area contributed by atoms with Crippen LogP contribution in [0.5, 0.6) is 0 Å². The first kappa shape index (κ1) is 15.5. The van der Waals surface area contributed by atoms with E-state index < -0.39 is 10.0 Å². The van der Waals surface area contributed by atoms with Crippen LogP contribution in [0.4, 0.5) is 5.69 Å².